The van der Waals surface area contributed by atoms with Gasteiger partial charge in [0.25, 0.3) is 11.8 Å². The Balaban J connectivity index is 2.56. The highest BCUT2D eigenvalue weighted by Crippen LogP contribution is 2.36. The fourth-order valence-corrected chi connectivity index (χ4v) is 3.81. The Labute approximate surface area is 155 Å². The molecule has 1 aromatic carbocycles. The normalized spacial score (nSPS) is 19.8. The number of fused-ring (bicyclic) bond motifs is 1. The molecule has 1 N–H and O–H groups in total. The van der Waals surface area contributed by atoms with Crippen molar-refractivity contribution in [3.05, 3.63) is 46.7 Å². The van der Waals surface area contributed by atoms with Gasteiger partial charge in [0.2, 0.25) is 0 Å². The summed E-state index contributed by atoms with van der Waals surface area (Å²) in [4.78, 5) is 28.8. The number of rotatable bonds is 5. The minimum absolute atomic E-state index is 0.0423. The molecule has 142 valence electrons. The lowest BCUT2D eigenvalue weighted by Crippen LogP contribution is -2.62. The van der Waals surface area contributed by atoms with E-state index < -0.39 is 5.54 Å². The average molecular weight is 359 g/mol. The van der Waals surface area contributed by atoms with Crippen molar-refractivity contribution in [2.45, 2.75) is 31.8 Å². The van der Waals surface area contributed by atoms with Gasteiger partial charge < -0.3 is 15.0 Å². The predicted molar refractivity (Wildman–Crippen MR) is 102 cm³/mol. The van der Waals surface area contributed by atoms with E-state index in [-0.39, 0.29) is 17.9 Å². The lowest BCUT2D eigenvalue weighted by Gasteiger charge is -2.49. The average Bonchev–Trinajstić information content (AvgIpc) is 2.64. The molecule has 1 heterocycles. The molecule has 0 aliphatic carbocycles. The first kappa shape index (κ1) is 20.0. The number of ether oxygens (including phenoxy) is 1. The molecule has 1 aromatic rings. The van der Waals surface area contributed by atoms with E-state index in [2.05, 4.69) is 17.1 Å². The molecule has 0 saturated heterocycles. The zero-order valence-corrected chi connectivity index (χ0v) is 16.7. The highest BCUT2D eigenvalue weighted by molar-refractivity contribution is 6.00. The van der Waals surface area contributed by atoms with Gasteiger partial charge in [-0.15, -0.1) is 0 Å². The van der Waals surface area contributed by atoms with Crippen molar-refractivity contribution < 1.29 is 14.3 Å². The molecule has 0 spiro atoms. The molecule has 1 aliphatic heterocycles. The fraction of sp³-hybridized carbons (Fsp3) is 0.500. The number of likely N-dealkylation sites (N-methyl/N-ethyl adjacent to an activating group) is 2. The van der Waals surface area contributed by atoms with Gasteiger partial charge in [0.1, 0.15) is 5.76 Å². The maximum absolute atomic E-state index is 13.0. The number of hydrogen-bond acceptors (Lipinski definition) is 4. The van der Waals surface area contributed by atoms with Crippen LogP contribution in [0, 0.1) is 0 Å². The second kappa shape index (κ2) is 7.50. The van der Waals surface area contributed by atoms with E-state index in [0.717, 1.165) is 11.3 Å². The zero-order valence-electron chi connectivity index (χ0n) is 16.7. The molecule has 2 amide bonds. The largest absolute Gasteiger partial charge is 0.499 e. The van der Waals surface area contributed by atoms with Crippen LogP contribution < -0.4 is 5.32 Å². The molecule has 2 atom stereocenters. The number of allylic oxidation sites excluding steroid dienone is 1. The van der Waals surface area contributed by atoms with Crippen LogP contribution in [0.2, 0.25) is 0 Å². The van der Waals surface area contributed by atoms with Gasteiger partial charge in [0.05, 0.1) is 18.7 Å². The third-order valence-electron chi connectivity index (χ3n) is 5.58. The standard InChI is InChI=1S/C20H29N3O3/c1-8-17(26-7)20(2,22(4)5)16-12-14-11-13(18(24)21-3)9-10-15(14)19(25)23(16)6/h8-11,16H,12H2,1-7H3,(H,21,24)/b17-8+/t16?,20-/m1/s1. The number of methoxy groups -OCH3 is 1. The molecule has 0 bridgehead atoms. The minimum Gasteiger partial charge on any atom is -0.499 e. The van der Waals surface area contributed by atoms with Crippen LogP contribution >= 0.6 is 0 Å². The molecule has 26 heavy (non-hydrogen) atoms. The molecular formula is C20H29N3O3. The van der Waals surface area contributed by atoms with Crippen LogP contribution in [-0.2, 0) is 11.2 Å². The fourth-order valence-electron chi connectivity index (χ4n) is 3.81. The molecule has 1 aliphatic rings. The maximum Gasteiger partial charge on any atom is 0.254 e. The maximum atomic E-state index is 13.0. The van der Waals surface area contributed by atoms with E-state index in [1.165, 1.54) is 0 Å². The second-order valence-corrected chi connectivity index (χ2v) is 6.99. The summed E-state index contributed by atoms with van der Waals surface area (Å²) < 4.78 is 5.65. The Bertz CT molecular complexity index is 742. The van der Waals surface area contributed by atoms with Gasteiger partial charge in [-0.2, -0.15) is 0 Å². The lowest BCUT2D eigenvalue weighted by molar-refractivity contribution is 0.0252. The smallest absolute Gasteiger partial charge is 0.254 e. The SMILES string of the molecule is C/C=C(/OC)[C@@](C)(C1Cc2cc(C(=O)NC)ccc2C(=O)N1C)N(C)C. The Hall–Kier alpha value is -2.34. The number of carbonyl (C=O) groups is 2. The molecule has 1 unspecified atom stereocenters. The van der Waals surface area contributed by atoms with E-state index in [9.17, 15) is 9.59 Å². The van der Waals surface area contributed by atoms with Gasteiger partial charge in [-0.25, -0.2) is 0 Å². The van der Waals surface area contributed by atoms with Crippen molar-refractivity contribution in [1.29, 1.82) is 0 Å². The van der Waals surface area contributed by atoms with Crippen LogP contribution in [-0.4, -0.2) is 68.5 Å². The predicted octanol–water partition coefficient (Wildman–Crippen LogP) is 1.91. The minimum atomic E-state index is -0.505. The molecule has 6 nitrogen and oxygen atoms in total. The summed E-state index contributed by atoms with van der Waals surface area (Å²) in [6.07, 6.45) is 2.58. The molecule has 0 fully saturated rings. The summed E-state index contributed by atoms with van der Waals surface area (Å²) in [5.74, 6) is 0.606. The van der Waals surface area contributed by atoms with Crippen LogP contribution in [0.3, 0.4) is 0 Å². The summed E-state index contributed by atoms with van der Waals surface area (Å²) in [6, 6.07) is 5.13. The van der Waals surface area contributed by atoms with E-state index in [4.69, 9.17) is 4.74 Å². The first-order chi connectivity index (χ1) is 12.2. The quantitative estimate of drug-likeness (QED) is 0.816. The Morgan fingerprint density at radius 1 is 1.42 bits per heavy atom. The van der Waals surface area contributed by atoms with Crippen molar-refractivity contribution in [2.75, 3.05) is 35.3 Å². The molecule has 0 radical (unpaired) electrons. The van der Waals surface area contributed by atoms with Crippen LogP contribution in [0.25, 0.3) is 0 Å². The van der Waals surface area contributed by atoms with Crippen molar-refractivity contribution in [1.82, 2.24) is 15.1 Å². The molecular weight excluding hydrogens is 330 g/mol. The highest BCUT2D eigenvalue weighted by Gasteiger charge is 2.47. The highest BCUT2D eigenvalue weighted by atomic mass is 16.5. The van der Waals surface area contributed by atoms with Crippen LogP contribution in [0.4, 0.5) is 0 Å². The number of amides is 2. The van der Waals surface area contributed by atoms with Crippen LogP contribution in [0.15, 0.2) is 30.0 Å². The topological polar surface area (TPSA) is 61.9 Å². The van der Waals surface area contributed by atoms with Gasteiger partial charge in [0.15, 0.2) is 0 Å². The lowest BCUT2D eigenvalue weighted by atomic mass is 9.79. The Morgan fingerprint density at radius 2 is 2.08 bits per heavy atom. The third kappa shape index (κ3) is 3.09. The van der Waals surface area contributed by atoms with Crippen molar-refractivity contribution in [3.8, 4) is 0 Å². The van der Waals surface area contributed by atoms with E-state index in [0.29, 0.717) is 17.5 Å². The monoisotopic (exact) mass is 359 g/mol. The number of hydrogen-bond donors (Lipinski definition) is 1. The molecule has 0 aromatic heterocycles. The third-order valence-corrected chi connectivity index (χ3v) is 5.58. The van der Waals surface area contributed by atoms with Crippen LogP contribution in [0.5, 0.6) is 0 Å². The number of nitrogens with one attached hydrogen (secondary N) is 1. The molecule has 2 rings (SSSR count). The van der Waals surface area contributed by atoms with E-state index in [1.54, 1.807) is 31.2 Å². The number of carbonyl (C=O) groups excluding carboxylic acids is 2. The molecule has 0 saturated carbocycles. The van der Waals surface area contributed by atoms with Gasteiger partial charge in [-0.3, -0.25) is 14.5 Å². The first-order valence-corrected chi connectivity index (χ1v) is 8.72. The summed E-state index contributed by atoms with van der Waals surface area (Å²) in [6.45, 7) is 4.01. The zero-order chi connectivity index (χ0) is 19.6. The van der Waals surface area contributed by atoms with Crippen LogP contribution in [0.1, 0.15) is 40.1 Å². The van der Waals surface area contributed by atoms with E-state index in [1.807, 2.05) is 40.2 Å². The van der Waals surface area contributed by atoms with Crippen molar-refractivity contribution in [2.24, 2.45) is 0 Å². The van der Waals surface area contributed by atoms with Crippen molar-refractivity contribution in [3.63, 3.8) is 0 Å². The second-order valence-electron chi connectivity index (χ2n) is 6.99. The summed E-state index contributed by atoms with van der Waals surface area (Å²) in [7, 11) is 9.05. The Morgan fingerprint density at radius 3 is 2.58 bits per heavy atom. The van der Waals surface area contributed by atoms with Crippen molar-refractivity contribution >= 4 is 11.8 Å². The summed E-state index contributed by atoms with van der Waals surface area (Å²) in [5, 5.41) is 2.63. The van der Waals surface area contributed by atoms with Gasteiger partial charge in [0, 0.05) is 25.2 Å². The van der Waals surface area contributed by atoms with Gasteiger partial charge in [-0.05, 0) is 64.2 Å². The Kier molecular flexibility index (Phi) is 5.76. The first-order valence-electron chi connectivity index (χ1n) is 8.72. The summed E-state index contributed by atoms with van der Waals surface area (Å²) in [5.41, 5.74) is 1.59. The van der Waals surface area contributed by atoms with Gasteiger partial charge >= 0.3 is 0 Å². The van der Waals surface area contributed by atoms with E-state index >= 15 is 0 Å². The summed E-state index contributed by atoms with van der Waals surface area (Å²) >= 11 is 0. The molecule has 6 heteroatoms. The van der Waals surface area contributed by atoms with Gasteiger partial charge in [-0.1, -0.05) is 0 Å². The number of nitrogens with zero attached hydrogens (tertiary/aromatic N) is 2. The number of benzene rings is 1.